The van der Waals surface area contributed by atoms with Crippen LogP contribution in [-0.2, 0) is 22.7 Å². The molecule has 3 saturated heterocycles. The number of aliphatic carboxylic acids is 1. The second-order valence-corrected chi connectivity index (χ2v) is 16.3. The Morgan fingerprint density at radius 3 is 2.72 bits per heavy atom. The number of nitriles is 1. The fourth-order valence-electron chi connectivity index (χ4n) is 9.01. The largest absolute Gasteiger partial charge is 0.493 e. The highest BCUT2D eigenvalue weighted by atomic mass is 16.6. The lowest BCUT2D eigenvalue weighted by Gasteiger charge is -2.33. The number of aryl methyl sites for hydroxylation is 1. The first-order chi connectivity index (χ1) is 27.7. The van der Waals surface area contributed by atoms with Gasteiger partial charge in [-0.15, -0.1) is 0 Å². The fourth-order valence-corrected chi connectivity index (χ4v) is 9.01. The summed E-state index contributed by atoms with van der Waals surface area (Å²) in [6, 6.07) is 13.8. The number of allylic oxidation sites excluding steroid dienone is 3. The third-order valence-corrected chi connectivity index (χ3v) is 12.2. The lowest BCUT2D eigenvalue weighted by Crippen LogP contribution is -2.44. The molecule has 0 spiro atoms. The van der Waals surface area contributed by atoms with Crippen molar-refractivity contribution in [3.63, 3.8) is 0 Å². The lowest BCUT2D eigenvalue weighted by molar-refractivity contribution is -0.144. The Kier molecular flexibility index (Phi) is 13.3. The molecular weight excluding hydrogens is 717 g/mol. The van der Waals surface area contributed by atoms with Gasteiger partial charge in [-0.25, -0.2) is 0 Å². The molecule has 0 saturated carbocycles. The molecule has 1 N–H and O–H groups in total. The topological polar surface area (TPSA) is 121 Å². The summed E-state index contributed by atoms with van der Waals surface area (Å²) in [5.41, 5.74) is 9.19. The molecule has 0 bridgehead atoms. The van der Waals surface area contributed by atoms with Gasteiger partial charge in [0.25, 0.3) is 0 Å². The lowest BCUT2D eigenvalue weighted by atomic mass is 9.86. The number of rotatable bonds is 17. The highest BCUT2D eigenvalue weighted by Gasteiger charge is 2.49. The second-order valence-electron chi connectivity index (χ2n) is 16.3. The quantitative estimate of drug-likeness (QED) is 0.106. The zero-order valence-electron chi connectivity index (χ0n) is 34.1. The predicted octanol–water partition coefficient (Wildman–Crippen LogP) is 8.43. The molecule has 1 aromatic heterocycles. The van der Waals surface area contributed by atoms with Crippen molar-refractivity contribution in [2.24, 2.45) is 5.92 Å². The molecule has 3 aliphatic heterocycles. The van der Waals surface area contributed by atoms with Gasteiger partial charge in [0.2, 0.25) is 0 Å². The summed E-state index contributed by atoms with van der Waals surface area (Å²) >= 11 is 0. The third-order valence-electron chi connectivity index (χ3n) is 12.2. The van der Waals surface area contributed by atoms with Crippen LogP contribution >= 0.6 is 0 Å². The van der Waals surface area contributed by atoms with E-state index in [9.17, 15) is 15.2 Å². The van der Waals surface area contributed by atoms with Crippen LogP contribution in [0.3, 0.4) is 0 Å². The maximum Gasteiger partial charge on any atom is 0.320 e. The Bertz CT molecular complexity index is 2020. The minimum atomic E-state index is -0.789. The summed E-state index contributed by atoms with van der Waals surface area (Å²) in [5.74, 6) is 2.19. The van der Waals surface area contributed by atoms with E-state index in [1.165, 1.54) is 41.3 Å². The van der Waals surface area contributed by atoms with Crippen molar-refractivity contribution in [3.05, 3.63) is 99.4 Å². The van der Waals surface area contributed by atoms with E-state index in [2.05, 4.69) is 67.1 Å². The number of likely N-dealkylation sites (tertiary alicyclic amines) is 2. The first-order valence-corrected chi connectivity index (χ1v) is 20.9. The molecule has 57 heavy (non-hydrogen) atoms. The van der Waals surface area contributed by atoms with Crippen LogP contribution in [0.15, 0.2) is 66.0 Å². The Hall–Kier alpha value is -4.69. The normalized spacial score (nSPS) is 22.3. The Morgan fingerprint density at radius 2 is 1.89 bits per heavy atom. The van der Waals surface area contributed by atoms with E-state index in [0.717, 1.165) is 92.0 Å². The average molecular weight is 775 g/mol. The summed E-state index contributed by atoms with van der Waals surface area (Å²) in [6.07, 6.45) is 14.3. The molecule has 2 aromatic carbocycles. The van der Waals surface area contributed by atoms with Crippen molar-refractivity contribution in [1.29, 1.82) is 5.26 Å². The van der Waals surface area contributed by atoms with Crippen LogP contribution in [0, 0.1) is 31.1 Å². The first-order valence-electron chi connectivity index (χ1n) is 20.9. The van der Waals surface area contributed by atoms with E-state index in [1.54, 1.807) is 12.3 Å². The summed E-state index contributed by atoms with van der Waals surface area (Å²) in [7, 11) is 0. The predicted molar refractivity (Wildman–Crippen MR) is 220 cm³/mol. The number of carboxylic acids is 1. The van der Waals surface area contributed by atoms with Crippen molar-refractivity contribution in [1.82, 2.24) is 14.8 Å². The van der Waals surface area contributed by atoms with E-state index < -0.39 is 12.0 Å². The summed E-state index contributed by atoms with van der Waals surface area (Å²) in [4.78, 5) is 20.9. The first kappa shape index (κ1) is 40.5. The number of aromatic nitrogens is 1. The van der Waals surface area contributed by atoms with Crippen molar-refractivity contribution < 1.29 is 28.8 Å². The van der Waals surface area contributed by atoms with Crippen molar-refractivity contribution >= 4 is 11.5 Å². The molecule has 0 amide bonds. The Labute approximate surface area is 338 Å². The number of epoxide rings is 1. The Morgan fingerprint density at radius 1 is 1.04 bits per heavy atom. The van der Waals surface area contributed by atoms with Gasteiger partial charge in [-0.1, -0.05) is 38.0 Å². The number of fused-ring (bicyclic) bond motifs is 1. The van der Waals surface area contributed by atoms with E-state index in [0.29, 0.717) is 55.6 Å². The molecule has 10 nitrogen and oxygen atoms in total. The molecule has 4 heterocycles. The van der Waals surface area contributed by atoms with Crippen LogP contribution in [-0.4, -0.2) is 83.5 Å². The van der Waals surface area contributed by atoms with Gasteiger partial charge >= 0.3 is 5.97 Å². The molecular formula is C47H58N4O6. The molecule has 3 unspecified atom stereocenters. The van der Waals surface area contributed by atoms with Gasteiger partial charge in [-0.05, 0) is 117 Å². The number of piperidine rings is 2. The third kappa shape index (κ3) is 9.89. The van der Waals surface area contributed by atoms with Crippen LogP contribution < -0.4 is 14.2 Å². The molecule has 7 rings (SSSR count). The van der Waals surface area contributed by atoms with Crippen LogP contribution in [0.4, 0.5) is 0 Å². The van der Waals surface area contributed by atoms with Crippen molar-refractivity contribution in [3.8, 4) is 23.3 Å². The van der Waals surface area contributed by atoms with Gasteiger partial charge in [-0.2, -0.15) is 5.26 Å². The maximum absolute atomic E-state index is 12.1. The molecule has 10 heteroatoms. The van der Waals surface area contributed by atoms with E-state index in [-0.39, 0.29) is 6.61 Å². The number of carboxylic acid groups (broad SMARTS) is 1. The minimum Gasteiger partial charge on any atom is -0.493 e. The van der Waals surface area contributed by atoms with Crippen LogP contribution in [0.5, 0.6) is 17.2 Å². The molecule has 1 aliphatic carbocycles. The van der Waals surface area contributed by atoms with Gasteiger partial charge < -0.3 is 29.0 Å². The number of hydrogen-bond acceptors (Lipinski definition) is 9. The monoisotopic (exact) mass is 774 g/mol. The molecule has 302 valence electrons. The number of hydrogen-bond donors (Lipinski definition) is 1. The zero-order valence-corrected chi connectivity index (χ0v) is 34.1. The van der Waals surface area contributed by atoms with Crippen LogP contribution in [0.25, 0.3) is 5.57 Å². The highest BCUT2D eigenvalue weighted by molar-refractivity contribution is 5.82. The van der Waals surface area contributed by atoms with E-state index in [4.69, 9.17) is 18.9 Å². The molecule has 4 atom stereocenters. The number of ether oxygens (including phenoxy) is 4. The van der Waals surface area contributed by atoms with E-state index >= 15 is 0 Å². The summed E-state index contributed by atoms with van der Waals surface area (Å²) in [6.45, 7) is 14.4. The fraction of sp³-hybridized carbons (Fsp3) is 0.511. The number of carbonyl (C=O) groups is 1. The van der Waals surface area contributed by atoms with Crippen LogP contribution in [0.1, 0.15) is 98.6 Å². The van der Waals surface area contributed by atoms with Gasteiger partial charge in [0.1, 0.15) is 42.6 Å². The Balaban J connectivity index is 1.02. The highest BCUT2D eigenvalue weighted by Crippen LogP contribution is 2.39. The van der Waals surface area contributed by atoms with Gasteiger partial charge in [0.15, 0.2) is 0 Å². The standard InChI is InChI=1S/C47H58N4O6/c1-5-11-36-26-50(28-45-46(36)57-45)17-10-19-54-42-16-9-14-40(33(42)4)39-13-8-12-37(32(39)3)30-56-43-22-44(55-29-35-21-34(23-48)24-49-25-35)38(20-31(43)2)27-51-18-7-6-15-41(51)47(52)53/h9,13-14,16,20-22,24-25,36,41,45-46H,5-8,10-12,15,17-19,26-30H2,1-4H3,(H,52,53)/t36?,41-,45?,46?/m0/s1. The summed E-state index contributed by atoms with van der Waals surface area (Å²) in [5, 5.41) is 19.3. The average Bonchev–Trinajstić information content (AvgIpc) is 4.00. The molecule has 3 aromatic rings. The molecule has 4 aliphatic rings. The molecule has 3 fully saturated rings. The SMILES string of the molecule is CCCC1CN(CCCOc2cccc(C3=CCCC(COc4cc(OCc5cncc(C#N)c5)c(CN5CCCC[C@H]5C(=O)O)cc4C)=C3C)c2C)CC2OC12. The van der Waals surface area contributed by atoms with Crippen LogP contribution in [0.2, 0.25) is 0 Å². The van der Waals surface area contributed by atoms with Gasteiger partial charge in [-0.3, -0.25) is 14.7 Å². The summed E-state index contributed by atoms with van der Waals surface area (Å²) < 4.78 is 25.4. The minimum absolute atomic E-state index is 0.217. The number of benzene rings is 2. The zero-order chi connectivity index (χ0) is 39.9. The smallest absolute Gasteiger partial charge is 0.320 e. The van der Waals surface area contributed by atoms with Crippen molar-refractivity contribution in [2.75, 3.05) is 39.4 Å². The van der Waals surface area contributed by atoms with Gasteiger partial charge in [0, 0.05) is 61.7 Å². The number of pyridine rings is 1. The second kappa shape index (κ2) is 18.7. The maximum atomic E-state index is 12.1. The molecule has 0 radical (unpaired) electrons. The van der Waals surface area contributed by atoms with Gasteiger partial charge in [0.05, 0.1) is 24.4 Å². The van der Waals surface area contributed by atoms with E-state index in [1.807, 2.05) is 17.9 Å². The number of nitrogens with zero attached hydrogens (tertiary/aromatic N) is 4. The van der Waals surface area contributed by atoms with Crippen molar-refractivity contribution in [2.45, 2.75) is 110 Å².